The molecule has 2 fully saturated rings. The summed E-state index contributed by atoms with van der Waals surface area (Å²) in [6, 6.07) is 0.0693. The van der Waals surface area contributed by atoms with Crippen molar-refractivity contribution >= 4 is 10.0 Å². The highest BCUT2D eigenvalue weighted by Gasteiger charge is 2.32. The van der Waals surface area contributed by atoms with Gasteiger partial charge < -0.3 is 10.1 Å². The van der Waals surface area contributed by atoms with Gasteiger partial charge in [-0.1, -0.05) is 0 Å². The van der Waals surface area contributed by atoms with Gasteiger partial charge >= 0.3 is 0 Å². The molecule has 2 unspecified atom stereocenters. The molecular formula is C11H22N2O3S. The second kappa shape index (κ2) is 5.65. The molecule has 6 heteroatoms. The number of hydrogen-bond donors (Lipinski definition) is 2. The van der Waals surface area contributed by atoms with Crippen molar-refractivity contribution in [3.05, 3.63) is 0 Å². The summed E-state index contributed by atoms with van der Waals surface area (Å²) in [6.07, 6.45) is 4.31. The lowest BCUT2D eigenvalue weighted by Gasteiger charge is -2.24. The van der Waals surface area contributed by atoms with Crippen LogP contribution in [0.4, 0.5) is 0 Å². The van der Waals surface area contributed by atoms with E-state index in [2.05, 4.69) is 10.0 Å². The zero-order chi connectivity index (χ0) is 12.3. The monoisotopic (exact) mass is 262 g/mol. The van der Waals surface area contributed by atoms with E-state index in [1.54, 1.807) is 7.11 Å². The summed E-state index contributed by atoms with van der Waals surface area (Å²) in [5.74, 6) is 0. The summed E-state index contributed by atoms with van der Waals surface area (Å²) >= 11 is 0. The topological polar surface area (TPSA) is 67.4 Å². The molecule has 0 aromatic rings. The quantitative estimate of drug-likeness (QED) is 0.761. The Morgan fingerprint density at radius 3 is 2.47 bits per heavy atom. The fourth-order valence-corrected chi connectivity index (χ4v) is 4.42. The van der Waals surface area contributed by atoms with Gasteiger partial charge in [0.1, 0.15) is 0 Å². The Morgan fingerprint density at radius 2 is 1.88 bits per heavy atom. The molecular weight excluding hydrogens is 240 g/mol. The molecule has 0 radical (unpaired) electrons. The van der Waals surface area contributed by atoms with E-state index in [0.29, 0.717) is 0 Å². The summed E-state index contributed by atoms with van der Waals surface area (Å²) in [5, 5.41) is 2.97. The Kier molecular flexibility index (Phi) is 4.41. The molecule has 0 amide bonds. The first-order valence-electron chi connectivity index (χ1n) is 6.36. The third-order valence-electron chi connectivity index (χ3n) is 3.77. The van der Waals surface area contributed by atoms with Gasteiger partial charge in [-0.3, -0.25) is 0 Å². The largest absolute Gasteiger partial charge is 0.381 e. The van der Waals surface area contributed by atoms with Gasteiger partial charge in [0.25, 0.3) is 0 Å². The maximum absolute atomic E-state index is 12.2. The number of sulfonamides is 1. The van der Waals surface area contributed by atoms with E-state index in [0.717, 1.165) is 45.2 Å². The van der Waals surface area contributed by atoms with Crippen LogP contribution >= 0.6 is 0 Å². The zero-order valence-electron chi connectivity index (χ0n) is 10.3. The summed E-state index contributed by atoms with van der Waals surface area (Å²) in [5.41, 5.74) is 0. The van der Waals surface area contributed by atoms with Crippen LogP contribution in [0, 0.1) is 0 Å². The highest BCUT2D eigenvalue weighted by molar-refractivity contribution is 7.90. The summed E-state index contributed by atoms with van der Waals surface area (Å²) < 4.78 is 32.4. The van der Waals surface area contributed by atoms with Crippen molar-refractivity contribution in [1.29, 1.82) is 0 Å². The lowest BCUT2D eigenvalue weighted by atomic mass is 10.2. The molecule has 0 aromatic carbocycles. The maximum atomic E-state index is 12.2. The second-order valence-electron chi connectivity index (χ2n) is 4.98. The number of nitrogens with one attached hydrogen (secondary N) is 2. The second-order valence-corrected chi connectivity index (χ2v) is 6.97. The van der Waals surface area contributed by atoms with Crippen LogP contribution < -0.4 is 10.0 Å². The molecule has 1 aliphatic heterocycles. The summed E-state index contributed by atoms with van der Waals surface area (Å²) in [4.78, 5) is 0. The molecule has 100 valence electrons. The fourth-order valence-electron chi connectivity index (χ4n) is 2.70. The van der Waals surface area contributed by atoms with E-state index in [1.807, 2.05) is 0 Å². The predicted molar refractivity (Wildman–Crippen MR) is 66.4 cm³/mol. The Bertz CT molecular complexity index is 339. The molecule has 2 aliphatic rings. The number of methoxy groups -OCH3 is 1. The molecule has 0 spiro atoms. The average Bonchev–Trinajstić information content (AvgIpc) is 2.77. The molecule has 2 N–H and O–H groups in total. The lowest BCUT2D eigenvalue weighted by Crippen LogP contribution is -2.44. The number of piperidine rings is 1. The van der Waals surface area contributed by atoms with Crippen LogP contribution in [0.5, 0.6) is 0 Å². The number of ether oxygens (including phenoxy) is 1. The third kappa shape index (κ3) is 3.40. The Hall–Kier alpha value is -0.170. The van der Waals surface area contributed by atoms with Crippen LogP contribution in [0.2, 0.25) is 0 Å². The molecule has 2 rings (SSSR count). The zero-order valence-corrected chi connectivity index (χ0v) is 11.1. The van der Waals surface area contributed by atoms with E-state index in [1.165, 1.54) is 0 Å². The van der Waals surface area contributed by atoms with Gasteiger partial charge in [0.05, 0.1) is 11.4 Å². The Labute approximate surface area is 103 Å². The van der Waals surface area contributed by atoms with Gasteiger partial charge in [0.2, 0.25) is 10.0 Å². The van der Waals surface area contributed by atoms with Crippen LogP contribution in [0.1, 0.15) is 32.1 Å². The first-order valence-corrected chi connectivity index (χ1v) is 7.91. The predicted octanol–water partition coefficient (Wildman–Crippen LogP) is 0.225. The Morgan fingerprint density at radius 1 is 1.18 bits per heavy atom. The van der Waals surface area contributed by atoms with Crippen molar-refractivity contribution < 1.29 is 13.2 Å². The highest BCUT2D eigenvalue weighted by Crippen LogP contribution is 2.23. The average molecular weight is 262 g/mol. The molecule has 1 saturated heterocycles. The molecule has 1 aliphatic carbocycles. The number of rotatable bonds is 4. The summed E-state index contributed by atoms with van der Waals surface area (Å²) in [6.45, 7) is 1.61. The van der Waals surface area contributed by atoms with Crippen molar-refractivity contribution in [2.24, 2.45) is 0 Å². The maximum Gasteiger partial charge on any atom is 0.214 e. The first-order chi connectivity index (χ1) is 8.12. The van der Waals surface area contributed by atoms with Crippen molar-refractivity contribution in [2.75, 3.05) is 20.2 Å². The van der Waals surface area contributed by atoms with Crippen LogP contribution in [0.15, 0.2) is 0 Å². The molecule has 2 atom stereocenters. The Balaban J connectivity index is 1.88. The van der Waals surface area contributed by atoms with Gasteiger partial charge in [-0.2, -0.15) is 0 Å². The SMILES string of the molecule is COC1CCC(NS(=O)(=O)C2CCNCC2)C1. The summed E-state index contributed by atoms with van der Waals surface area (Å²) in [7, 11) is -1.46. The van der Waals surface area contributed by atoms with Crippen LogP contribution in [-0.4, -0.2) is 46.0 Å². The highest BCUT2D eigenvalue weighted by atomic mass is 32.2. The van der Waals surface area contributed by atoms with Crippen LogP contribution in [-0.2, 0) is 14.8 Å². The van der Waals surface area contributed by atoms with Crippen molar-refractivity contribution in [2.45, 2.75) is 49.5 Å². The van der Waals surface area contributed by atoms with Crippen molar-refractivity contribution in [3.8, 4) is 0 Å². The molecule has 1 heterocycles. The van der Waals surface area contributed by atoms with Gasteiger partial charge in [-0.05, 0) is 45.2 Å². The van der Waals surface area contributed by atoms with Gasteiger partial charge in [-0.25, -0.2) is 13.1 Å². The molecule has 17 heavy (non-hydrogen) atoms. The van der Waals surface area contributed by atoms with Crippen LogP contribution in [0.25, 0.3) is 0 Å². The van der Waals surface area contributed by atoms with Crippen molar-refractivity contribution in [1.82, 2.24) is 10.0 Å². The minimum Gasteiger partial charge on any atom is -0.381 e. The lowest BCUT2D eigenvalue weighted by molar-refractivity contribution is 0.107. The first kappa shape index (κ1) is 13.3. The van der Waals surface area contributed by atoms with Gasteiger partial charge in [-0.15, -0.1) is 0 Å². The molecule has 0 bridgehead atoms. The minimum absolute atomic E-state index is 0.0693. The molecule has 1 saturated carbocycles. The van der Waals surface area contributed by atoms with E-state index < -0.39 is 10.0 Å². The fraction of sp³-hybridized carbons (Fsp3) is 1.00. The molecule has 0 aromatic heterocycles. The van der Waals surface area contributed by atoms with Crippen molar-refractivity contribution in [3.63, 3.8) is 0 Å². The van der Waals surface area contributed by atoms with Gasteiger partial charge in [0.15, 0.2) is 0 Å². The number of hydrogen-bond acceptors (Lipinski definition) is 4. The van der Waals surface area contributed by atoms with E-state index >= 15 is 0 Å². The standard InChI is InChI=1S/C11H22N2O3S/c1-16-10-3-2-9(8-10)13-17(14,15)11-4-6-12-7-5-11/h9-13H,2-8H2,1H3. The molecule has 5 nitrogen and oxygen atoms in total. The minimum atomic E-state index is -3.14. The van der Waals surface area contributed by atoms with Gasteiger partial charge in [0, 0.05) is 13.2 Å². The van der Waals surface area contributed by atoms with Crippen LogP contribution in [0.3, 0.4) is 0 Å². The third-order valence-corrected chi connectivity index (χ3v) is 5.78. The van der Waals surface area contributed by atoms with E-state index in [-0.39, 0.29) is 17.4 Å². The normalized spacial score (nSPS) is 31.8. The van der Waals surface area contributed by atoms with E-state index in [4.69, 9.17) is 4.74 Å². The van der Waals surface area contributed by atoms with E-state index in [9.17, 15) is 8.42 Å². The smallest absolute Gasteiger partial charge is 0.214 e.